The van der Waals surface area contributed by atoms with Crippen LogP contribution in [0.3, 0.4) is 0 Å². The van der Waals surface area contributed by atoms with Crippen LogP contribution in [0.1, 0.15) is 30.0 Å². The minimum atomic E-state index is -0.440. The van der Waals surface area contributed by atoms with Crippen molar-refractivity contribution in [2.24, 2.45) is 0 Å². The average Bonchev–Trinajstić information content (AvgIpc) is 3.12. The lowest BCUT2D eigenvalue weighted by atomic mass is 9.94. The topological polar surface area (TPSA) is 58.2 Å². The van der Waals surface area contributed by atoms with Gasteiger partial charge >= 0.3 is 0 Å². The highest BCUT2D eigenvalue weighted by atomic mass is 19.1. The van der Waals surface area contributed by atoms with Crippen molar-refractivity contribution in [2.45, 2.75) is 25.2 Å². The van der Waals surface area contributed by atoms with E-state index in [9.17, 15) is 9.18 Å². The molecule has 27 heavy (non-hydrogen) atoms. The van der Waals surface area contributed by atoms with E-state index >= 15 is 0 Å². The van der Waals surface area contributed by atoms with Gasteiger partial charge in [0.1, 0.15) is 0 Å². The summed E-state index contributed by atoms with van der Waals surface area (Å²) < 4.78 is 18.8. The first-order valence-corrected chi connectivity index (χ1v) is 9.18. The molecule has 1 aliphatic rings. The molecule has 0 aliphatic carbocycles. The molecule has 3 aromatic rings. The largest absolute Gasteiger partial charge is 0.494 e. The van der Waals surface area contributed by atoms with Crippen LogP contribution >= 0.6 is 0 Å². The van der Waals surface area contributed by atoms with Crippen LogP contribution in [0.2, 0.25) is 0 Å². The van der Waals surface area contributed by atoms with Crippen LogP contribution in [0, 0.1) is 5.82 Å². The van der Waals surface area contributed by atoms with Crippen molar-refractivity contribution < 1.29 is 13.9 Å². The third-order valence-corrected chi connectivity index (χ3v) is 5.20. The van der Waals surface area contributed by atoms with Crippen LogP contribution in [-0.2, 0) is 11.2 Å². The number of fused-ring (bicyclic) bond motifs is 1. The average molecular weight is 367 g/mol. The Balaban J connectivity index is 1.45. The highest BCUT2D eigenvalue weighted by molar-refractivity contribution is 5.79. The van der Waals surface area contributed by atoms with Gasteiger partial charge in [-0.2, -0.15) is 0 Å². The molecular formula is C21H22FN3O2. The second-order valence-electron chi connectivity index (χ2n) is 6.99. The van der Waals surface area contributed by atoms with E-state index in [0.717, 1.165) is 36.1 Å². The van der Waals surface area contributed by atoms with Crippen LogP contribution < -0.4 is 4.74 Å². The van der Waals surface area contributed by atoms with Gasteiger partial charge in [0.15, 0.2) is 11.6 Å². The summed E-state index contributed by atoms with van der Waals surface area (Å²) in [6.45, 7) is 1.41. The zero-order valence-electron chi connectivity index (χ0n) is 15.2. The van der Waals surface area contributed by atoms with Gasteiger partial charge in [0, 0.05) is 30.9 Å². The van der Waals surface area contributed by atoms with E-state index in [1.54, 1.807) is 18.3 Å². The molecule has 0 saturated carbocycles. The fraction of sp³-hybridized carbons (Fsp3) is 0.333. The second kappa shape index (κ2) is 7.39. The molecule has 0 bridgehead atoms. The third kappa shape index (κ3) is 3.65. The maximum Gasteiger partial charge on any atom is 0.227 e. The lowest BCUT2D eigenvalue weighted by Gasteiger charge is -2.32. The number of carbonyl (C=O) groups is 1. The molecule has 3 heterocycles. The van der Waals surface area contributed by atoms with Gasteiger partial charge in [0.25, 0.3) is 0 Å². The molecule has 4 rings (SSSR count). The van der Waals surface area contributed by atoms with Gasteiger partial charge in [-0.3, -0.25) is 9.78 Å². The Morgan fingerprint density at radius 2 is 2.26 bits per heavy atom. The number of halogens is 1. The molecular weight excluding hydrogens is 345 g/mol. The van der Waals surface area contributed by atoms with Gasteiger partial charge in [-0.1, -0.05) is 6.07 Å². The van der Waals surface area contributed by atoms with E-state index in [1.165, 1.54) is 13.2 Å². The SMILES string of the molecule is COc1ccc(CC(=O)N2CCC[C@H](c3cc4ncccc4[nH]3)C2)cc1F. The summed E-state index contributed by atoms with van der Waals surface area (Å²) in [5.74, 6) is 0.0459. The first-order chi connectivity index (χ1) is 13.1. The number of methoxy groups -OCH3 is 1. The van der Waals surface area contributed by atoms with E-state index < -0.39 is 5.82 Å². The number of benzene rings is 1. The van der Waals surface area contributed by atoms with Gasteiger partial charge < -0.3 is 14.6 Å². The highest BCUT2D eigenvalue weighted by Crippen LogP contribution is 2.29. The number of carbonyl (C=O) groups excluding carboxylic acids is 1. The predicted octanol–water partition coefficient (Wildman–Crippen LogP) is 3.66. The number of pyridine rings is 1. The smallest absolute Gasteiger partial charge is 0.227 e. The Hall–Kier alpha value is -2.89. The van der Waals surface area contributed by atoms with Crippen LogP contribution in [0.4, 0.5) is 4.39 Å². The molecule has 1 amide bonds. The normalized spacial score (nSPS) is 17.3. The molecule has 1 aromatic carbocycles. The number of aromatic amines is 1. The molecule has 1 saturated heterocycles. The second-order valence-corrected chi connectivity index (χ2v) is 6.99. The lowest BCUT2D eigenvalue weighted by Crippen LogP contribution is -2.40. The van der Waals surface area contributed by atoms with E-state index in [1.807, 2.05) is 17.0 Å². The number of amides is 1. The van der Waals surface area contributed by atoms with E-state index in [2.05, 4.69) is 16.0 Å². The number of rotatable bonds is 4. The van der Waals surface area contributed by atoms with E-state index in [4.69, 9.17) is 4.74 Å². The van der Waals surface area contributed by atoms with Crippen molar-refractivity contribution in [3.63, 3.8) is 0 Å². The van der Waals surface area contributed by atoms with Gasteiger partial charge in [0.05, 0.1) is 24.6 Å². The minimum absolute atomic E-state index is 0.0264. The van der Waals surface area contributed by atoms with Crippen molar-refractivity contribution in [1.29, 1.82) is 0 Å². The number of hydrogen-bond donors (Lipinski definition) is 1. The predicted molar refractivity (Wildman–Crippen MR) is 101 cm³/mol. The monoisotopic (exact) mass is 367 g/mol. The summed E-state index contributed by atoms with van der Waals surface area (Å²) in [6.07, 6.45) is 3.97. The number of piperidine rings is 1. The Bertz CT molecular complexity index is 936. The summed E-state index contributed by atoms with van der Waals surface area (Å²) in [4.78, 5) is 22.4. The number of hydrogen-bond acceptors (Lipinski definition) is 3. The molecule has 1 atom stereocenters. The standard InChI is InChI=1S/C21H22FN3O2/c1-27-20-7-6-14(10-16(20)22)11-21(26)25-9-3-4-15(13-25)18-12-19-17(24-18)5-2-8-23-19/h2,5-8,10,12,15,24H,3-4,9,11,13H2,1H3/t15-/m0/s1. The zero-order valence-corrected chi connectivity index (χ0v) is 15.2. The minimum Gasteiger partial charge on any atom is -0.494 e. The Labute approximate surface area is 157 Å². The van der Waals surface area contributed by atoms with Gasteiger partial charge in [-0.05, 0) is 48.7 Å². The van der Waals surface area contributed by atoms with Crippen molar-refractivity contribution in [2.75, 3.05) is 20.2 Å². The number of aromatic nitrogens is 2. The zero-order chi connectivity index (χ0) is 18.8. The van der Waals surface area contributed by atoms with Crippen molar-refractivity contribution >= 4 is 16.9 Å². The van der Waals surface area contributed by atoms with Crippen molar-refractivity contribution in [3.05, 3.63) is 59.7 Å². The fourth-order valence-electron chi connectivity index (χ4n) is 3.76. The Kier molecular flexibility index (Phi) is 4.79. The first-order valence-electron chi connectivity index (χ1n) is 9.18. The summed E-state index contributed by atoms with van der Waals surface area (Å²) in [5, 5.41) is 0. The number of nitrogens with zero attached hydrogens (tertiary/aromatic N) is 2. The quantitative estimate of drug-likeness (QED) is 0.766. The molecule has 140 valence electrons. The summed E-state index contributed by atoms with van der Waals surface area (Å²) >= 11 is 0. The van der Waals surface area contributed by atoms with E-state index in [0.29, 0.717) is 12.1 Å². The summed E-state index contributed by atoms with van der Waals surface area (Å²) in [6, 6.07) is 10.7. The van der Waals surface area contributed by atoms with Crippen LogP contribution in [0.15, 0.2) is 42.6 Å². The maximum absolute atomic E-state index is 13.9. The first kappa shape index (κ1) is 17.5. The van der Waals surface area contributed by atoms with Crippen LogP contribution in [-0.4, -0.2) is 41.0 Å². The number of ether oxygens (including phenoxy) is 1. The molecule has 1 fully saturated rings. The van der Waals surface area contributed by atoms with Crippen molar-refractivity contribution in [3.8, 4) is 5.75 Å². The summed E-state index contributed by atoms with van der Waals surface area (Å²) in [5.41, 5.74) is 3.75. The Morgan fingerprint density at radius 1 is 1.37 bits per heavy atom. The molecule has 1 aliphatic heterocycles. The van der Waals surface area contributed by atoms with Gasteiger partial charge in [-0.25, -0.2) is 4.39 Å². The van der Waals surface area contributed by atoms with Crippen LogP contribution in [0.5, 0.6) is 5.75 Å². The van der Waals surface area contributed by atoms with Gasteiger partial charge in [0.2, 0.25) is 5.91 Å². The molecule has 0 radical (unpaired) electrons. The van der Waals surface area contributed by atoms with Crippen molar-refractivity contribution in [1.82, 2.24) is 14.9 Å². The number of likely N-dealkylation sites (tertiary alicyclic amines) is 1. The third-order valence-electron chi connectivity index (χ3n) is 5.20. The highest BCUT2D eigenvalue weighted by Gasteiger charge is 2.26. The Morgan fingerprint density at radius 3 is 3.04 bits per heavy atom. The van der Waals surface area contributed by atoms with E-state index in [-0.39, 0.29) is 24.0 Å². The van der Waals surface area contributed by atoms with Crippen LogP contribution in [0.25, 0.3) is 11.0 Å². The molecule has 0 unspecified atom stereocenters. The molecule has 5 nitrogen and oxygen atoms in total. The number of H-pyrrole nitrogens is 1. The molecule has 0 spiro atoms. The molecule has 1 N–H and O–H groups in total. The summed E-state index contributed by atoms with van der Waals surface area (Å²) in [7, 11) is 1.43. The number of nitrogens with one attached hydrogen (secondary N) is 1. The van der Waals surface area contributed by atoms with Gasteiger partial charge in [-0.15, -0.1) is 0 Å². The maximum atomic E-state index is 13.9. The lowest BCUT2D eigenvalue weighted by molar-refractivity contribution is -0.131. The fourth-order valence-corrected chi connectivity index (χ4v) is 3.76. The molecule has 6 heteroatoms. The molecule has 2 aromatic heterocycles.